The van der Waals surface area contributed by atoms with Gasteiger partial charge in [0.2, 0.25) is 0 Å². The summed E-state index contributed by atoms with van der Waals surface area (Å²) in [7, 11) is -1.42. The van der Waals surface area contributed by atoms with Crippen LogP contribution in [0.2, 0.25) is 0 Å². The third kappa shape index (κ3) is 2.92. The molecule has 0 spiro atoms. The Morgan fingerprint density at radius 3 is 2.56 bits per heavy atom. The third-order valence-electron chi connectivity index (χ3n) is 2.42. The summed E-state index contributed by atoms with van der Waals surface area (Å²) in [4.78, 5) is 0.339. The monoisotopic (exact) mass is 267 g/mol. The van der Waals surface area contributed by atoms with E-state index in [1.807, 2.05) is 0 Å². The fourth-order valence-corrected chi connectivity index (χ4v) is 2.61. The summed E-state index contributed by atoms with van der Waals surface area (Å²) in [6, 6.07) is 9.87. The van der Waals surface area contributed by atoms with Crippen molar-refractivity contribution in [1.29, 1.82) is 0 Å². The molecule has 2 aromatic carbocycles. The lowest BCUT2D eigenvalue weighted by atomic mass is 10.2. The Bertz CT molecular complexity index is 601. The van der Waals surface area contributed by atoms with E-state index in [4.69, 9.17) is 5.73 Å². The Morgan fingerprint density at radius 1 is 1.11 bits per heavy atom. The van der Waals surface area contributed by atoms with Crippen LogP contribution in [0.15, 0.2) is 47.4 Å². The summed E-state index contributed by atoms with van der Waals surface area (Å²) in [6.07, 6.45) is 0. The smallest absolute Gasteiger partial charge is 0.147 e. The molecule has 1 unspecified atom stereocenters. The number of rotatable bonds is 3. The molecule has 1 atom stereocenters. The van der Waals surface area contributed by atoms with Crippen molar-refractivity contribution < 1.29 is 13.0 Å². The van der Waals surface area contributed by atoms with Crippen LogP contribution in [0.3, 0.4) is 0 Å². The van der Waals surface area contributed by atoms with Gasteiger partial charge in [-0.2, -0.15) is 0 Å². The van der Waals surface area contributed by atoms with Gasteiger partial charge in [-0.05, 0) is 35.9 Å². The number of halogens is 2. The highest BCUT2D eigenvalue weighted by Gasteiger charge is 2.08. The first-order chi connectivity index (χ1) is 8.56. The molecular weight excluding hydrogens is 256 g/mol. The summed E-state index contributed by atoms with van der Waals surface area (Å²) in [5, 5.41) is 0. The molecular formula is C13H11F2NOS. The normalized spacial score (nSPS) is 12.3. The van der Waals surface area contributed by atoms with Crippen molar-refractivity contribution in [3.05, 3.63) is 59.7 Å². The Kier molecular flexibility index (Phi) is 3.72. The second kappa shape index (κ2) is 5.27. The molecule has 2 nitrogen and oxygen atoms in total. The highest BCUT2D eigenvalue weighted by molar-refractivity contribution is 7.84. The van der Waals surface area contributed by atoms with Crippen molar-refractivity contribution in [3.8, 4) is 0 Å². The van der Waals surface area contributed by atoms with Crippen LogP contribution in [0.5, 0.6) is 0 Å². The van der Waals surface area contributed by atoms with Crippen LogP contribution >= 0.6 is 0 Å². The van der Waals surface area contributed by atoms with E-state index in [1.54, 1.807) is 12.1 Å². The van der Waals surface area contributed by atoms with E-state index >= 15 is 0 Å². The third-order valence-corrected chi connectivity index (χ3v) is 3.80. The van der Waals surface area contributed by atoms with Crippen molar-refractivity contribution in [3.63, 3.8) is 0 Å². The van der Waals surface area contributed by atoms with Crippen LogP contribution in [-0.4, -0.2) is 4.21 Å². The molecule has 0 aliphatic rings. The standard InChI is InChI=1S/C13H11F2NOS/c14-10-3-1-2-9(6-10)8-18(17)11-4-5-13(16)12(15)7-11/h1-7H,8,16H2. The fraction of sp³-hybridized carbons (Fsp3) is 0.0769. The molecule has 2 aromatic rings. The second-order valence-corrected chi connectivity index (χ2v) is 5.25. The molecule has 0 saturated heterocycles. The first kappa shape index (κ1) is 12.7. The molecule has 18 heavy (non-hydrogen) atoms. The maximum atomic E-state index is 13.2. The van der Waals surface area contributed by atoms with Gasteiger partial charge in [-0.1, -0.05) is 12.1 Å². The van der Waals surface area contributed by atoms with Gasteiger partial charge in [0.15, 0.2) is 0 Å². The van der Waals surface area contributed by atoms with Crippen molar-refractivity contribution in [2.24, 2.45) is 0 Å². The summed E-state index contributed by atoms with van der Waals surface area (Å²) < 4.78 is 38.2. The van der Waals surface area contributed by atoms with Crippen LogP contribution in [0, 0.1) is 11.6 Å². The van der Waals surface area contributed by atoms with Gasteiger partial charge in [0.05, 0.1) is 22.2 Å². The summed E-state index contributed by atoms with van der Waals surface area (Å²) in [6.45, 7) is 0. The first-order valence-corrected chi connectivity index (χ1v) is 6.56. The average molecular weight is 267 g/mol. The molecule has 0 aliphatic heterocycles. The van der Waals surface area contributed by atoms with Gasteiger partial charge < -0.3 is 5.73 Å². The van der Waals surface area contributed by atoms with E-state index in [0.29, 0.717) is 10.5 Å². The number of hydrogen-bond acceptors (Lipinski definition) is 2. The first-order valence-electron chi connectivity index (χ1n) is 5.24. The van der Waals surface area contributed by atoms with E-state index in [9.17, 15) is 13.0 Å². The molecule has 2 rings (SSSR count). The maximum Gasteiger partial charge on any atom is 0.147 e. The van der Waals surface area contributed by atoms with E-state index in [-0.39, 0.29) is 17.3 Å². The minimum absolute atomic E-state index is 0.0153. The molecule has 0 aromatic heterocycles. The lowest BCUT2D eigenvalue weighted by Crippen LogP contribution is -1.99. The minimum atomic E-state index is -1.42. The number of benzene rings is 2. The van der Waals surface area contributed by atoms with Gasteiger partial charge in [0, 0.05) is 4.90 Å². The minimum Gasteiger partial charge on any atom is -0.396 e. The highest BCUT2D eigenvalue weighted by Crippen LogP contribution is 2.17. The Morgan fingerprint density at radius 2 is 1.89 bits per heavy atom. The molecule has 0 bridgehead atoms. The van der Waals surface area contributed by atoms with Crippen molar-refractivity contribution >= 4 is 16.5 Å². The molecule has 0 heterocycles. The topological polar surface area (TPSA) is 43.1 Å². The largest absolute Gasteiger partial charge is 0.396 e. The van der Waals surface area contributed by atoms with Gasteiger partial charge in [0.25, 0.3) is 0 Å². The van der Waals surface area contributed by atoms with Crippen LogP contribution in [-0.2, 0) is 16.6 Å². The molecule has 0 amide bonds. The number of nitrogen functional groups attached to an aromatic ring is 1. The lowest BCUT2D eigenvalue weighted by molar-refractivity contribution is 0.625. The molecule has 94 valence electrons. The maximum absolute atomic E-state index is 13.2. The fourth-order valence-electron chi connectivity index (χ4n) is 1.51. The molecule has 0 radical (unpaired) electrons. The summed E-state index contributed by atoms with van der Waals surface area (Å²) >= 11 is 0. The number of anilines is 1. The molecule has 5 heteroatoms. The van der Waals surface area contributed by atoms with Gasteiger partial charge in [-0.25, -0.2) is 8.78 Å². The highest BCUT2D eigenvalue weighted by atomic mass is 32.2. The van der Waals surface area contributed by atoms with Gasteiger partial charge in [-0.3, -0.25) is 4.21 Å². The average Bonchev–Trinajstić information content (AvgIpc) is 2.32. The van der Waals surface area contributed by atoms with E-state index in [1.165, 1.54) is 24.3 Å². The van der Waals surface area contributed by atoms with Crippen LogP contribution in [0.1, 0.15) is 5.56 Å². The predicted octanol–water partition coefficient (Wildman–Crippen LogP) is 2.85. The molecule has 0 saturated carbocycles. The van der Waals surface area contributed by atoms with Crippen LogP contribution in [0.4, 0.5) is 14.5 Å². The zero-order valence-corrected chi connectivity index (χ0v) is 10.2. The van der Waals surface area contributed by atoms with Gasteiger partial charge >= 0.3 is 0 Å². The second-order valence-electron chi connectivity index (χ2n) is 3.80. The predicted molar refractivity (Wildman–Crippen MR) is 67.3 cm³/mol. The zero-order valence-electron chi connectivity index (χ0n) is 9.40. The van der Waals surface area contributed by atoms with Crippen molar-refractivity contribution in [1.82, 2.24) is 0 Å². The Balaban J connectivity index is 2.19. The van der Waals surface area contributed by atoms with E-state index in [2.05, 4.69) is 0 Å². The number of hydrogen-bond donors (Lipinski definition) is 1. The Labute approximate surface area is 106 Å². The Hall–Kier alpha value is -1.75. The molecule has 2 N–H and O–H groups in total. The van der Waals surface area contributed by atoms with Crippen molar-refractivity contribution in [2.75, 3.05) is 5.73 Å². The quantitative estimate of drug-likeness (QED) is 0.869. The SMILES string of the molecule is Nc1ccc(S(=O)Cc2cccc(F)c2)cc1F. The van der Waals surface area contributed by atoms with Gasteiger partial charge in [-0.15, -0.1) is 0 Å². The molecule has 0 aliphatic carbocycles. The van der Waals surface area contributed by atoms with E-state index in [0.717, 1.165) is 6.07 Å². The lowest BCUT2D eigenvalue weighted by Gasteiger charge is -2.04. The number of nitrogens with two attached hydrogens (primary N) is 1. The zero-order chi connectivity index (χ0) is 13.1. The van der Waals surface area contributed by atoms with Crippen LogP contribution in [0.25, 0.3) is 0 Å². The summed E-state index contributed by atoms with van der Waals surface area (Å²) in [5.41, 5.74) is 5.96. The van der Waals surface area contributed by atoms with Crippen LogP contribution < -0.4 is 5.73 Å². The van der Waals surface area contributed by atoms with E-state index < -0.39 is 16.6 Å². The molecule has 0 fully saturated rings. The summed E-state index contributed by atoms with van der Waals surface area (Å²) in [5.74, 6) is -0.839. The van der Waals surface area contributed by atoms with Crippen molar-refractivity contribution in [2.45, 2.75) is 10.6 Å². The van der Waals surface area contributed by atoms with Gasteiger partial charge in [0.1, 0.15) is 11.6 Å².